The van der Waals surface area contributed by atoms with Gasteiger partial charge < -0.3 is 15.4 Å². The van der Waals surface area contributed by atoms with Gasteiger partial charge in [0.15, 0.2) is 0 Å². The topological polar surface area (TPSA) is 115 Å². The first-order chi connectivity index (χ1) is 12.9. The molecule has 2 saturated carbocycles. The summed E-state index contributed by atoms with van der Waals surface area (Å²) in [5, 5.41) is 13.1. The van der Waals surface area contributed by atoms with E-state index in [1.165, 1.54) is 16.6 Å². The van der Waals surface area contributed by atoms with Crippen molar-refractivity contribution in [2.75, 3.05) is 11.9 Å². The number of nitrogens with zero attached hydrogens (tertiary/aromatic N) is 2. The predicted octanol–water partition coefficient (Wildman–Crippen LogP) is 1.05. The Balaban J connectivity index is 1.38. The molecule has 2 aliphatic carbocycles. The van der Waals surface area contributed by atoms with E-state index in [9.17, 15) is 18.3 Å². The lowest BCUT2D eigenvalue weighted by Gasteiger charge is -2.28. The van der Waals surface area contributed by atoms with Gasteiger partial charge in [0.2, 0.25) is 10.0 Å². The molecular weight excluding hydrogens is 368 g/mol. The van der Waals surface area contributed by atoms with Crippen molar-refractivity contribution < 1.29 is 18.3 Å². The molecule has 2 aromatic rings. The molecule has 3 N–H and O–H groups in total. The maximum Gasteiger partial charge on any atom is 0.273 e. The molecule has 27 heavy (non-hydrogen) atoms. The normalized spacial score (nSPS) is 32.1. The number of anilines is 1. The van der Waals surface area contributed by atoms with Crippen LogP contribution in [-0.4, -0.2) is 52.4 Å². The van der Waals surface area contributed by atoms with E-state index in [1.54, 1.807) is 24.4 Å². The zero-order chi connectivity index (χ0) is 18.8. The molecule has 9 heteroatoms. The predicted molar refractivity (Wildman–Crippen MR) is 96.4 cm³/mol. The van der Waals surface area contributed by atoms with E-state index in [1.807, 2.05) is 0 Å². The number of aliphatic hydroxyl groups is 1. The fourth-order valence-corrected chi connectivity index (χ4v) is 6.78. The Morgan fingerprint density at radius 1 is 1.30 bits per heavy atom. The molecule has 0 aromatic carbocycles. The van der Waals surface area contributed by atoms with Crippen LogP contribution in [0.5, 0.6) is 0 Å². The summed E-state index contributed by atoms with van der Waals surface area (Å²) in [5.74, 6) is 0.737. The molecule has 1 aliphatic heterocycles. The summed E-state index contributed by atoms with van der Waals surface area (Å²) < 4.78 is 27.7. The van der Waals surface area contributed by atoms with Crippen molar-refractivity contribution in [1.82, 2.24) is 14.3 Å². The highest BCUT2D eigenvalue weighted by Gasteiger charge is 2.61. The number of fused-ring (bicyclic) bond motifs is 1. The second-order valence-electron chi connectivity index (χ2n) is 7.63. The van der Waals surface area contributed by atoms with Crippen molar-refractivity contribution in [2.45, 2.75) is 29.9 Å². The number of hydrogen-bond donors (Lipinski definition) is 3. The molecule has 1 amide bonds. The van der Waals surface area contributed by atoms with Gasteiger partial charge in [0.1, 0.15) is 16.4 Å². The molecular formula is C18H20N4O4S. The van der Waals surface area contributed by atoms with Crippen molar-refractivity contribution >= 4 is 21.7 Å². The Bertz CT molecular complexity index is 988. The fraction of sp³-hybridized carbons (Fsp3) is 0.444. The summed E-state index contributed by atoms with van der Waals surface area (Å²) in [6, 6.07) is 6.14. The number of carbonyl (C=O) groups excluding carboxylic acids is 1. The first-order valence-electron chi connectivity index (χ1n) is 9.06. The molecule has 3 heterocycles. The van der Waals surface area contributed by atoms with Crippen molar-refractivity contribution in [3.05, 3.63) is 42.4 Å². The van der Waals surface area contributed by atoms with Crippen LogP contribution in [0.2, 0.25) is 0 Å². The SMILES string of the molecule is O=C(Nc1ccccn1)c1cc(S(=O)(=O)N2C[C@@H]3C[C@H]4C[C@H]3[C@H]2[C@@H]4O)c[nH]1. The monoisotopic (exact) mass is 388 g/mol. The lowest BCUT2D eigenvalue weighted by atomic mass is 9.88. The van der Waals surface area contributed by atoms with Gasteiger partial charge in [-0.2, -0.15) is 4.31 Å². The molecule has 8 nitrogen and oxygen atoms in total. The molecule has 0 radical (unpaired) electrons. The largest absolute Gasteiger partial charge is 0.391 e. The maximum absolute atomic E-state index is 13.1. The third-order valence-electron chi connectivity index (χ3n) is 6.22. The molecule has 2 bridgehead atoms. The molecule has 0 spiro atoms. The number of sulfonamides is 1. The third-order valence-corrected chi connectivity index (χ3v) is 8.06. The van der Waals surface area contributed by atoms with Gasteiger partial charge in [-0.3, -0.25) is 4.79 Å². The first-order valence-corrected chi connectivity index (χ1v) is 10.5. The Kier molecular flexibility index (Phi) is 3.68. The van der Waals surface area contributed by atoms with Gasteiger partial charge in [0.05, 0.1) is 12.1 Å². The second kappa shape index (κ2) is 5.88. The molecule has 3 fully saturated rings. The van der Waals surface area contributed by atoms with E-state index in [0.717, 1.165) is 12.8 Å². The van der Waals surface area contributed by atoms with Crippen molar-refractivity contribution in [2.24, 2.45) is 17.8 Å². The lowest BCUT2D eigenvalue weighted by Crippen LogP contribution is -2.43. The van der Waals surface area contributed by atoms with Crippen LogP contribution >= 0.6 is 0 Å². The molecule has 2 aromatic heterocycles. The first kappa shape index (κ1) is 16.9. The van der Waals surface area contributed by atoms with Crippen LogP contribution in [0.3, 0.4) is 0 Å². The van der Waals surface area contributed by atoms with Crippen LogP contribution < -0.4 is 5.32 Å². The van der Waals surface area contributed by atoms with Crippen molar-refractivity contribution in [3.63, 3.8) is 0 Å². The highest BCUT2D eigenvalue weighted by Crippen LogP contribution is 2.56. The van der Waals surface area contributed by atoms with Crippen molar-refractivity contribution in [3.8, 4) is 0 Å². The minimum Gasteiger partial charge on any atom is -0.391 e. The summed E-state index contributed by atoms with van der Waals surface area (Å²) >= 11 is 0. The van der Waals surface area contributed by atoms with E-state index in [0.29, 0.717) is 18.3 Å². The summed E-state index contributed by atoms with van der Waals surface area (Å²) in [5.41, 5.74) is 0.145. The van der Waals surface area contributed by atoms with Crippen LogP contribution in [0.1, 0.15) is 23.3 Å². The summed E-state index contributed by atoms with van der Waals surface area (Å²) in [7, 11) is -3.77. The molecule has 5 rings (SSSR count). The highest BCUT2D eigenvalue weighted by molar-refractivity contribution is 7.89. The molecule has 5 atom stereocenters. The van der Waals surface area contributed by atoms with E-state index in [4.69, 9.17) is 0 Å². The van der Waals surface area contributed by atoms with Gasteiger partial charge in [-0.15, -0.1) is 0 Å². The van der Waals surface area contributed by atoms with Crippen LogP contribution in [0.4, 0.5) is 5.82 Å². The van der Waals surface area contributed by atoms with Crippen molar-refractivity contribution in [1.29, 1.82) is 0 Å². The van der Waals surface area contributed by atoms with E-state index in [2.05, 4.69) is 15.3 Å². The van der Waals surface area contributed by atoms with Crippen LogP contribution in [0, 0.1) is 17.8 Å². The van der Waals surface area contributed by atoms with Gasteiger partial charge in [-0.05, 0) is 48.8 Å². The number of aromatic amines is 1. The number of H-pyrrole nitrogens is 1. The van der Waals surface area contributed by atoms with E-state index in [-0.39, 0.29) is 28.5 Å². The average Bonchev–Trinajstić information content (AvgIpc) is 3.38. The number of carbonyl (C=O) groups is 1. The summed E-state index contributed by atoms with van der Waals surface area (Å²) in [4.78, 5) is 19.1. The van der Waals surface area contributed by atoms with E-state index < -0.39 is 22.0 Å². The Morgan fingerprint density at radius 2 is 2.15 bits per heavy atom. The third kappa shape index (κ3) is 2.53. The molecule has 0 unspecified atom stereocenters. The molecule has 1 saturated heterocycles. The number of pyridine rings is 1. The Labute approximate surface area is 156 Å². The van der Waals surface area contributed by atoms with Crippen LogP contribution in [-0.2, 0) is 10.0 Å². The van der Waals surface area contributed by atoms with Gasteiger partial charge in [-0.25, -0.2) is 13.4 Å². The van der Waals surface area contributed by atoms with Crippen LogP contribution in [0.15, 0.2) is 41.6 Å². The smallest absolute Gasteiger partial charge is 0.273 e. The Hall–Kier alpha value is -2.23. The van der Waals surface area contributed by atoms with Gasteiger partial charge in [-0.1, -0.05) is 6.07 Å². The number of aromatic nitrogens is 2. The van der Waals surface area contributed by atoms with Gasteiger partial charge in [0.25, 0.3) is 5.91 Å². The number of rotatable bonds is 4. The molecule has 142 valence electrons. The van der Waals surface area contributed by atoms with Gasteiger partial charge >= 0.3 is 0 Å². The molecule has 3 aliphatic rings. The Morgan fingerprint density at radius 3 is 2.89 bits per heavy atom. The summed E-state index contributed by atoms with van der Waals surface area (Å²) in [6.45, 7) is 0.450. The second-order valence-corrected chi connectivity index (χ2v) is 9.52. The number of amides is 1. The maximum atomic E-state index is 13.1. The average molecular weight is 388 g/mol. The van der Waals surface area contributed by atoms with Crippen LogP contribution in [0.25, 0.3) is 0 Å². The quantitative estimate of drug-likeness (QED) is 0.724. The van der Waals surface area contributed by atoms with E-state index >= 15 is 0 Å². The highest BCUT2D eigenvalue weighted by atomic mass is 32.2. The minimum atomic E-state index is -3.77. The summed E-state index contributed by atoms with van der Waals surface area (Å²) in [6.07, 6.45) is 4.12. The minimum absolute atomic E-state index is 0.0469. The lowest BCUT2D eigenvalue weighted by molar-refractivity contribution is 0.0731. The standard InChI is InChI=1S/C18H20N4O4S/c23-17-10-5-11-9-22(16(17)13(11)6-10)27(25,26)12-7-14(20-8-12)18(24)21-15-3-1-2-4-19-15/h1-4,7-8,10-11,13,16-17,20,23H,5-6,9H2,(H,19,21,24)/t10-,11-,13+,16-,17+/m0/s1. The number of hydrogen-bond acceptors (Lipinski definition) is 5. The zero-order valence-corrected chi connectivity index (χ0v) is 15.3. The number of aliphatic hydroxyl groups excluding tert-OH is 1. The fourth-order valence-electron chi connectivity index (χ4n) is 5.05. The van der Waals surface area contributed by atoms with Gasteiger partial charge in [0, 0.05) is 18.9 Å². The zero-order valence-electron chi connectivity index (χ0n) is 14.4. The number of nitrogens with one attached hydrogen (secondary N) is 2.